The van der Waals surface area contributed by atoms with Crippen molar-refractivity contribution in [3.63, 3.8) is 0 Å². The number of hydrogen-bond acceptors (Lipinski definition) is 5. The number of aromatic nitrogens is 5. The normalized spacial score (nSPS) is 21.9. The minimum atomic E-state index is 0.114. The highest BCUT2D eigenvalue weighted by molar-refractivity contribution is 5.95. The summed E-state index contributed by atoms with van der Waals surface area (Å²) in [5.41, 5.74) is 1.71. The van der Waals surface area contributed by atoms with Gasteiger partial charge in [0.25, 0.3) is 5.91 Å². The third kappa shape index (κ3) is 3.65. The van der Waals surface area contributed by atoms with Crippen molar-refractivity contribution in [2.75, 3.05) is 26.3 Å². The van der Waals surface area contributed by atoms with Gasteiger partial charge in [0.05, 0.1) is 17.5 Å². The molecule has 0 radical (unpaired) electrons. The Labute approximate surface area is 153 Å². The maximum atomic E-state index is 13.2. The molecule has 2 fully saturated rings. The van der Waals surface area contributed by atoms with E-state index in [4.69, 9.17) is 4.74 Å². The molecule has 0 N–H and O–H groups in total. The third-order valence-electron chi connectivity index (χ3n) is 5.42. The smallest absolute Gasteiger partial charge is 0.257 e. The van der Waals surface area contributed by atoms with Crippen LogP contribution >= 0.6 is 0 Å². The van der Waals surface area contributed by atoms with Crippen molar-refractivity contribution in [3.05, 3.63) is 29.8 Å². The molecule has 8 nitrogen and oxygen atoms in total. The molecule has 0 saturated carbocycles. The van der Waals surface area contributed by atoms with Crippen LogP contribution in [0, 0.1) is 5.92 Å². The number of amides is 1. The van der Waals surface area contributed by atoms with Gasteiger partial charge in [-0.25, -0.2) is 0 Å². The molecule has 1 unspecified atom stereocenters. The fourth-order valence-electron chi connectivity index (χ4n) is 4.11. The Balaban J connectivity index is 1.48. The standard InChI is InChI=1S/C18H26N6O2/c1-22-13-16(17(20-22)15-4-9-26-10-5-15)18(25)23-7-2-3-14(11-23)12-24-8-6-19-21-24/h6,8,13-15H,2-5,7,9-12H2,1H3. The van der Waals surface area contributed by atoms with E-state index < -0.39 is 0 Å². The van der Waals surface area contributed by atoms with Crippen LogP contribution in [0.1, 0.15) is 47.7 Å². The molecular weight excluding hydrogens is 332 g/mol. The van der Waals surface area contributed by atoms with Crippen LogP contribution < -0.4 is 0 Å². The van der Waals surface area contributed by atoms with Crippen LogP contribution in [0.5, 0.6) is 0 Å². The fraction of sp³-hybridized carbons (Fsp3) is 0.667. The SMILES string of the molecule is Cn1cc(C(=O)N2CCCC(Cn3ccnn3)C2)c(C2CCOCC2)n1. The summed E-state index contributed by atoms with van der Waals surface area (Å²) in [5.74, 6) is 0.847. The van der Waals surface area contributed by atoms with Crippen LogP contribution in [0.15, 0.2) is 18.6 Å². The molecule has 2 aliphatic heterocycles. The number of rotatable bonds is 4. The molecule has 26 heavy (non-hydrogen) atoms. The maximum Gasteiger partial charge on any atom is 0.257 e. The topological polar surface area (TPSA) is 78.1 Å². The summed E-state index contributed by atoms with van der Waals surface area (Å²) >= 11 is 0. The van der Waals surface area contributed by atoms with Crippen LogP contribution in [0.4, 0.5) is 0 Å². The van der Waals surface area contributed by atoms with E-state index in [2.05, 4.69) is 15.4 Å². The lowest BCUT2D eigenvalue weighted by Gasteiger charge is -2.33. The van der Waals surface area contributed by atoms with E-state index in [0.717, 1.165) is 69.8 Å². The molecule has 0 aromatic carbocycles. The molecule has 0 aliphatic carbocycles. The first-order chi connectivity index (χ1) is 12.7. The molecule has 2 aliphatic rings. The summed E-state index contributed by atoms with van der Waals surface area (Å²) in [5, 5.41) is 12.5. The first-order valence-electron chi connectivity index (χ1n) is 9.45. The summed E-state index contributed by atoms with van der Waals surface area (Å²) in [7, 11) is 1.89. The average Bonchev–Trinajstić information content (AvgIpc) is 3.31. The highest BCUT2D eigenvalue weighted by Gasteiger charge is 2.30. The zero-order valence-electron chi connectivity index (χ0n) is 15.3. The lowest BCUT2D eigenvalue weighted by atomic mass is 9.92. The highest BCUT2D eigenvalue weighted by Crippen LogP contribution is 2.30. The Morgan fingerprint density at radius 3 is 2.92 bits per heavy atom. The van der Waals surface area contributed by atoms with Gasteiger partial charge in [0.15, 0.2) is 0 Å². The number of hydrogen-bond donors (Lipinski definition) is 0. The zero-order valence-corrected chi connectivity index (χ0v) is 15.3. The average molecular weight is 358 g/mol. The highest BCUT2D eigenvalue weighted by atomic mass is 16.5. The first-order valence-corrected chi connectivity index (χ1v) is 9.45. The summed E-state index contributed by atoms with van der Waals surface area (Å²) in [6.45, 7) is 3.89. The lowest BCUT2D eigenvalue weighted by Crippen LogP contribution is -2.41. The largest absolute Gasteiger partial charge is 0.381 e. The van der Waals surface area contributed by atoms with Gasteiger partial charge in [0, 0.05) is 58.2 Å². The predicted octanol–water partition coefficient (Wildman–Crippen LogP) is 1.46. The molecule has 0 bridgehead atoms. The van der Waals surface area contributed by atoms with E-state index in [0.29, 0.717) is 11.8 Å². The van der Waals surface area contributed by atoms with Crippen molar-refractivity contribution in [3.8, 4) is 0 Å². The lowest BCUT2D eigenvalue weighted by molar-refractivity contribution is 0.0650. The number of nitrogens with zero attached hydrogens (tertiary/aromatic N) is 6. The third-order valence-corrected chi connectivity index (χ3v) is 5.42. The first kappa shape index (κ1) is 17.2. The molecule has 2 saturated heterocycles. The number of carbonyl (C=O) groups is 1. The minimum Gasteiger partial charge on any atom is -0.381 e. The van der Waals surface area contributed by atoms with Gasteiger partial charge >= 0.3 is 0 Å². The summed E-state index contributed by atoms with van der Waals surface area (Å²) in [4.78, 5) is 15.2. The molecule has 1 atom stereocenters. The quantitative estimate of drug-likeness (QED) is 0.827. The van der Waals surface area contributed by atoms with Crippen LogP contribution in [0.3, 0.4) is 0 Å². The van der Waals surface area contributed by atoms with E-state index in [1.807, 2.05) is 29.0 Å². The maximum absolute atomic E-state index is 13.2. The number of piperidine rings is 1. The molecule has 2 aromatic heterocycles. The fourth-order valence-corrected chi connectivity index (χ4v) is 4.11. The Kier molecular flexibility index (Phi) is 5.01. The molecule has 2 aromatic rings. The van der Waals surface area contributed by atoms with E-state index in [-0.39, 0.29) is 5.91 Å². The van der Waals surface area contributed by atoms with Gasteiger partial charge < -0.3 is 9.64 Å². The molecule has 4 rings (SSSR count). The second-order valence-corrected chi connectivity index (χ2v) is 7.37. The Morgan fingerprint density at radius 1 is 1.31 bits per heavy atom. The monoisotopic (exact) mass is 358 g/mol. The molecule has 4 heterocycles. The molecular formula is C18H26N6O2. The van der Waals surface area contributed by atoms with Gasteiger partial charge in [0.1, 0.15) is 0 Å². The number of aryl methyl sites for hydroxylation is 1. The summed E-state index contributed by atoms with van der Waals surface area (Å²) in [6, 6.07) is 0. The zero-order chi connectivity index (χ0) is 17.9. The van der Waals surface area contributed by atoms with Crippen molar-refractivity contribution >= 4 is 5.91 Å². The van der Waals surface area contributed by atoms with Gasteiger partial charge in [0.2, 0.25) is 0 Å². The van der Waals surface area contributed by atoms with E-state index >= 15 is 0 Å². The Morgan fingerprint density at radius 2 is 2.15 bits per heavy atom. The van der Waals surface area contributed by atoms with Crippen molar-refractivity contribution < 1.29 is 9.53 Å². The summed E-state index contributed by atoms with van der Waals surface area (Å²) < 4.78 is 9.10. The number of carbonyl (C=O) groups excluding carboxylic acids is 1. The van der Waals surface area contributed by atoms with E-state index in [9.17, 15) is 4.79 Å². The van der Waals surface area contributed by atoms with Gasteiger partial charge in [-0.15, -0.1) is 5.10 Å². The Bertz CT molecular complexity index is 735. The van der Waals surface area contributed by atoms with Gasteiger partial charge in [-0.3, -0.25) is 14.2 Å². The van der Waals surface area contributed by atoms with Crippen LogP contribution in [0.25, 0.3) is 0 Å². The summed E-state index contributed by atoms with van der Waals surface area (Å²) in [6.07, 6.45) is 9.47. The van der Waals surface area contributed by atoms with Gasteiger partial charge in [-0.1, -0.05) is 5.21 Å². The van der Waals surface area contributed by atoms with Gasteiger partial charge in [-0.05, 0) is 31.6 Å². The van der Waals surface area contributed by atoms with Gasteiger partial charge in [-0.2, -0.15) is 5.10 Å². The van der Waals surface area contributed by atoms with E-state index in [1.54, 1.807) is 10.9 Å². The second-order valence-electron chi connectivity index (χ2n) is 7.37. The second kappa shape index (κ2) is 7.57. The van der Waals surface area contributed by atoms with Crippen molar-refractivity contribution in [1.29, 1.82) is 0 Å². The van der Waals surface area contributed by atoms with Crippen LogP contribution in [-0.4, -0.2) is 61.9 Å². The molecule has 0 spiro atoms. The van der Waals surface area contributed by atoms with Crippen LogP contribution in [0.2, 0.25) is 0 Å². The van der Waals surface area contributed by atoms with Crippen LogP contribution in [-0.2, 0) is 18.3 Å². The number of likely N-dealkylation sites (tertiary alicyclic amines) is 1. The molecule has 140 valence electrons. The Hall–Kier alpha value is -2.22. The van der Waals surface area contributed by atoms with E-state index in [1.165, 1.54) is 0 Å². The van der Waals surface area contributed by atoms with Crippen molar-refractivity contribution in [1.82, 2.24) is 29.7 Å². The minimum absolute atomic E-state index is 0.114. The van der Waals surface area contributed by atoms with Crippen molar-refractivity contribution in [2.45, 2.75) is 38.1 Å². The predicted molar refractivity (Wildman–Crippen MR) is 94.7 cm³/mol. The van der Waals surface area contributed by atoms with Crippen molar-refractivity contribution in [2.24, 2.45) is 13.0 Å². The molecule has 1 amide bonds. The number of ether oxygens (including phenoxy) is 1. The molecule has 8 heteroatoms.